The van der Waals surface area contributed by atoms with E-state index in [1.54, 1.807) is 7.11 Å². The Morgan fingerprint density at radius 1 is 1.10 bits per heavy atom. The predicted molar refractivity (Wildman–Crippen MR) is 87.3 cm³/mol. The zero-order valence-electron chi connectivity index (χ0n) is 11.0. The van der Waals surface area contributed by atoms with E-state index in [4.69, 9.17) is 15.2 Å². The topological polar surface area (TPSA) is 44.5 Å². The average Bonchev–Trinajstić information content (AvgIpc) is 2.46. The number of halogens is 2. The highest BCUT2D eigenvalue weighted by molar-refractivity contribution is 9.11. The number of hydrogen-bond donors (Lipinski definition) is 1. The smallest absolute Gasteiger partial charge is 0.139 e. The molecule has 106 valence electrons. The van der Waals surface area contributed by atoms with Gasteiger partial charge in [-0.2, -0.15) is 0 Å². The molecule has 0 amide bonds. The van der Waals surface area contributed by atoms with E-state index in [-0.39, 0.29) is 6.10 Å². The number of ether oxygens (including phenoxy) is 2. The van der Waals surface area contributed by atoms with Crippen LogP contribution in [0, 0.1) is 0 Å². The standard InChI is InChI=1S/C15H15Br2NO2/c1-19-13-5-3-2-4-11(13)15(9-18)20-14-7-6-10(16)8-12(14)17/h2-8,15H,9,18H2,1H3. The second-order valence-electron chi connectivity index (χ2n) is 4.16. The maximum Gasteiger partial charge on any atom is 0.139 e. The number of hydrogen-bond acceptors (Lipinski definition) is 3. The Balaban J connectivity index is 2.29. The number of rotatable bonds is 5. The molecule has 0 saturated heterocycles. The normalized spacial score (nSPS) is 12.0. The van der Waals surface area contributed by atoms with E-state index in [0.29, 0.717) is 6.54 Å². The van der Waals surface area contributed by atoms with Crippen molar-refractivity contribution < 1.29 is 9.47 Å². The van der Waals surface area contributed by atoms with Gasteiger partial charge >= 0.3 is 0 Å². The number of para-hydroxylation sites is 1. The molecule has 2 aromatic rings. The molecule has 1 atom stereocenters. The van der Waals surface area contributed by atoms with Gasteiger partial charge in [-0.1, -0.05) is 34.1 Å². The van der Waals surface area contributed by atoms with Crippen molar-refractivity contribution in [1.82, 2.24) is 0 Å². The summed E-state index contributed by atoms with van der Waals surface area (Å²) in [6.07, 6.45) is -0.261. The van der Waals surface area contributed by atoms with Crippen molar-refractivity contribution in [2.45, 2.75) is 6.10 Å². The van der Waals surface area contributed by atoms with Gasteiger partial charge in [0.05, 0.1) is 11.6 Å². The molecule has 0 heterocycles. The highest BCUT2D eigenvalue weighted by Crippen LogP contribution is 2.33. The molecule has 0 fully saturated rings. The Kier molecular flexibility index (Phi) is 5.46. The third kappa shape index (κ3) is 3.53. The molecule has 0 aliphatic heterocycles. The molecule has 20 heavy (non-hydrogen) atoms. The fourth-order valence-corrected chi connectivity index (χ4v) is 3.04. The van der Waals surface area contributed by atoms with Gasteiger partial charge in [-0.15, -0.1) is 0 Å². The van der Waals surface area contributed by atoms with Crippen LogP contribution < -0.4 is 15.2 Å². The fourth-order valence-electron chi connectivity index (χ4n) is 1.90. The first-order valence-corrected chi connectivity index (χ1v) is 7.69. The second kappa shape index (κ2) is 7.11. The molecule has 0 aliphatic rings. The maximum atomic E-state index is 6.01. The van der Waals surface area contributed by atoms with Gasteiger partial charge in [-0.25, -0.2) is 0 Å². The van der Waals surface area contributed by atoms with Crippen LogP contribution in [-0.2, 0) is 0 Å². The zero-order valence-corrected chi connectivity index (χ0v) is 14.1. The summed E-state index contributed by atoms with van der Waals surface area (Å²) in [5.41, 5.74) is 6.79. The Hall–Kier alpha value is -1.04. The Morgan fingerprint density at radius 3 is 2.50 bits per heavy atom. The molecule has 2 aromatic carbocycles. The fraction of sp³-hybridized carbons (Fsp3) is 0.200. The molecule has 2 N–H and O–H groups in total. The minimum atomic E-state index is -0.261. The zero-order chi connectivity index (χ0) is 14.5. The summed E-state index contributed by atoms with van der Waals surface area (Å²) >= 11 is 6.90. The quantitative estimate of drug-likeness (QED) is 0.813. The van der Waals surface area contributed by atoms with Gasteiger partial charge in [-0.3, -0.25) is 0 Å². The van der Waals surface area contributed by atoms with E-state index >= 15 is 0 Å². The Labute approximate surface area is 135 Å². The number of benzene rings is 2. The molecule has 0 saturated carbocycles. The van der Waals surface area contributed by atoms with Crippen molar-refractivity contribution in [3.05, 3.63) is 57.0 Å². The molecule has 3 nitrogen and oxygen atoms in total. The highest BCUT2D eigenvalue weighted by atomic mass is 79.9. The van der Waals surface area contributed by atoms with Crippen LogP contribution in [0.15, 0.2) is 51.4 Å². The lowest BCUT2D eigenvalue weighted by Gasteiger charge is -2.20. The average molecular weight is 401 g/mol. The van der Waals surface area contributed by atoms with Gasteiger partial charge in [-0.05, 0) is 40.2 Å². The van der Waals surface area contributed by atoms with Crippen molar-refractivity contribution >= 4 is 31.9 Å². The minimum absolute atomic E-state index is 0.261. The van der Waals surface area contributed by atoms with Gasteiger partial charge in [0.25, 0.3) is 0 Å². The summed E-state index contributed by atoms with van der Waals surface area (Å²) in [6.45, 7) is 0.364. The molecule has 0 aliphatic carbocycles. The molecule has 0 radical (unpaired) electrons. The van der Waals surface area contributed by atoms with Gasteiger partial charge in [0.15, 0.2) is 0 Å². The van der Waals surface area contributed by atoms with Crippen molar-refractivity contribution in [3.63, 3.8) is 0 Å². The largest absolute Gasteiger partial charge is 0.496 e. The van der Waals surface area contributed by atoms with E-state index in [9.17, 15) is 0 Å². The van der Waals surface area contributed by atoms with E-state index in [2.05, 4.69) is 31.9 Å². The van der Waals surface area contributed by atoms with Crippen LogP contribution in [-0.4, -0.2) is 13.7 Å². The highest BCUT2D eigenvalue weighted by Gasteiger charge is 2.17. The molecule has 0 aromatic heterocycles. The van der Waals surface area contributed by atoms with Crippen LogP contribution in [0.2, 0.25) is 0 Å². The Morgan fingerprint density at radius 2 is 1.85 bits per heavy atom. The van der Waals surface area contributed by atoms with Crippen LogP contribution in [0.25, 0.3) is 0 Å². The monoisotopic (exact) mass is 399 g/mol. The summed E-state index contributed by atoms with van der Waals surface area (Å²) in [5, 5.41) is 0. The van der Waals surface area contributed by atoms with Crippen molar-refractivity contribution in [3.8, 4) is 11.5 Å². The van der Waals surface area contributed by atoms with Crippen LogP contribution in [0.4, 0.5) is 0 Å². The maximum absolute atomic E-state index is 6.01. The molecule has 0 spiro atoms. The SMILES string of the molecule is COc1ccccc1C(CN)Oc1ccc(Br)cc1Br. The van der Waals surface area contributed by atoms with Crippen molar-refractivity contribution in [1.29, 1.82) is 0 Å². The van der Waals surface area contributed by atoms with E-state index < -0.39 is 0 Å². The van der Waals surface area contributed by atoms with Crippen LogP contribution in [0.5, 0.6) is 11.5 Å². The molecule has 5 heteroatoms. The number of nitrogens with two attached hydrogens (primary N) is 1. The first-order chi connectivity index (χ1) is 9.65. The third-order valence-corrected chi connectivity index (χ3v) is 3.98. The van der Waals surface area contributed by atoms with E-state index in [0.717, 1.165) is 26.0 Å². The molecular formula is C15H15Br2NO2. The minimum Gasteiger partial charge on any atom is -0.496 e. The molecule has 1 unspecified atom stereocenters. The van der Waals surface area contributed by atoms with Gasteiger partial charge in [0, 0.05) is 16.6 Å². The summed E-state index contributed by atoms with van der Waals surface area (Å²) in [4.78, 5) is 0. The summed E-state index contributed by atoms with van der Waals surface area (Å²) in [6, 6.07) is 13.5. The summed E-state index contributed by atoms with van der Waals surface area (Å²) in [7, 11) is 1.64. The van der Waals surface area contributed by atoms with Gasteiger partial charge < -0.3 is 15.2 Å². The van der Waals surface area contributed by atoms with Crippen LogP contribution >= 0.6 is 31.9 Å². The second-order valence-corrected chi connectivity index (χ2v) is 5.93. The first kappa shape index (κ1) is 15.4. The lowest BCUT2D eigenvalue weighted by Crippen LogP contribution is -2.19. The predicted octanol–water partition coefficient (Wildman–Crippen LogP) is 4.30. The lowest BCUT2D eigenvalue weighted by molar-refractivity contribution is 0.207. The van der Waals surface area contributed by atoms with E-state index in [1.807, 2.05) is 42.5 Å². The molecule has 2 rings (SSSR count). The summed E-state index contributed by atoms with van der Waals surface area (Å²) in [5.74, 6) is 1.52. The van der Waals surface area contributed by atoms with Crippen molar-refractivity contribution in [2.75, 3.05) is 13.7 Å². The van der Waals surface area contributed by atoms with E-state index in [1.165, 1.54) is 0 Å². The van der Waals surface area contributed by atoms with Crippen LogP contribution in [0.3, 0.4) is 0 Å². The molecular weight excluding hydrogens is 386 g/mol. The Bertz CT molecular complexity index is 590. The van der Waals surface area contributed by atoms with Crippen LogP contribution in [0.1, 0.15) is 11.7 Å². The van der Waals surface area contributed by atoms with Gasteiger partial charge in [0.2, 0.25) is 0 Å². The molecule has 0 bridgehead atoms. The number of methoxy groups -OCH3 is 1. The first-order valence-electron chi connectivity index (χ1n) is 6.10. The van der Waals surface area contributed by atoms with Gasteiger partial charge in [0.1, 0.15) is 17.6 Å². The lowest BCUT2D eigenvalue weighted by atomic mass is 10.1. The summed E-state index contributed by atoms with van der Waals surface area (Å²) < 4.78 is 13.2. The van der Waals surface area contributed by atoms with Crippen molar-refractivity contribution in [2.24, 2.45) is 5.73 Å². The third-order valence-electron chi connectivity index (χ3n) is 2.86.